The standard InChI is InChI=1S/C19H28N2O4S/c22-18-13-14-21(19(18)23)16-9-11-17(12-10-16)26(24,25)20-15-7-5-3-1-2-4-6-8-15/h9-12,15,18,20,22H,1-8,13-14H2/t18-/m1/s1. The van der Waals surface area contributed by atoms with Gasteiger partial charge in [-0.15, -0.1) is 0 Å². The Hall–Kier alpha value is -1.44. The summed E-state index contributed by atoms with van der Waals surface area (Å²) in [5.41, 5.74) is 0.618. The van der Waals surface area contributed by atoms with E-state index in [-0.39, 0.29) is 16.8 Å². The zero-order valence-corrected chi connectivity index (χ0v) is 15.9. The van der Waals surface area contributed by atoms with Crippen LogP contribution in [0.15, 0.2) is 29.2 Å². The summed E-state index contributed by atoms with van der Waals surface area (Å²) in [6.45, 7) is 0.451. The molecular weight excluding hydrogens is 352 g/mol. The first-order valence-corrected chi connectivity index (χ1v) is 11.1. The van der Waals surface area contributed by atoms with E-state index in [0.717, 1.165) is 25.7 Å². The third-order valence-electron chi connectivity index (χ3n) is 5.31. The molecular formula is C19H28N2O4S. The van der Waals surface area contributed by atoms with Gasteiger partial charge in [0.1, 0.15) is 6.10 Å². The molecule has 1 aromatic rings. The summed E-state index contributed by atoms with van der Waals surface area (Å²) in [6, 6.07) is 6.32. The van der Waals surface area contributed by atoms with Crippen LogP contribution < -0.4 is 9.62 Å². The number of nitrogens with zero attached hydrogens (tertiary/aromatic N) is 1. The van der Waals surface area contributed by atoms with Crippen molar-refractivity contribution in [1.82, 2.24) is 4.72 Å². The molecule has 1 amide bonds. The number of aliphatic hydroxyl groups excluding tert-OH is 1. The minimum absolute atomic E-state index is 0.00640. The molecule has 0 bridgehead atoms. The van der Waals surface area contributed by atoms with Gasteiger partial charge in [-0.3, -0.25) is 4.79 Å². The minimum atomic E-state index is -3.57. The molecule has 1 aliphatic heterocycles. The maximum Gasteiger partial charge on any atom is 0.255 e. The van der Waals surface area contributed by atoms with Crippen molar-refractivity contribution < 1.29 is 18.3 Å². The van der Waals surface area contributed by atoms with Gasteiger partial charge in [-0.2, -0.15) is 0 Å². The van der Waals surface area contributed by atoms with Gasteiger partial charge in [0.2, 0.25) is 10.0 Å². The summed E-state index contributed by atoms with van der Waals surface area (Å²) in [7, 11) is -3.57. The van der Waals surface area contributed by atoms with Gasteiger partial charge in [0, 0.05) is 24.7 Å². The first-order valence-electron chi connectivity index (χ1n) is 9.59. The van der Waals surface area contributed by atoms with Crippen LogP contribution in [-0.2, 0) is 14.8 Å². The van der Waals surface area contributed by atoms with Gasteiger partial charge in [0.05, 0.1) is 4.90 Å². The molecule has 1 aromatic carbocycles. The summed E-state index contributed by atoms with van der Waals surface area (Å²) < 4.78 is 28.3. The molecule has 0 aromatic heterocycles. The fourth-order valence-electron chi connectivity index (χ4n) is 3.76. The second kappa shape index (κ2) is 8.50. The Kier molecular flexibility index (Phi) is 6.32. The molecule has 2 aliphatic rings. The lowest BCUT2D eigenvalue weighted by Gasteiger charge is -2.19. The number of carbonyl (C=O) groups excluding carboxylic acids is 1. The molecule has 1 saturated carbocycles. The number of aliphatic hydroxyl groups is 1. The third-order valence-corrected chi connectivity index (χ3v) is 6.85. The summed E-state index contributed by atoms with van der Waals surface area (Å²) in [5, 5.41) is 9.56. The summed E-state index contributed by atoms with van der Waals surface area (Å²) >= 11 is 0. The van der Waals surface area contributed by atoms with Crippen LogP contribution in [0, 0.1) is 0 Å². The van der Waals surface area contributed by atoms with Crippen molar-refractivity contribution in [2.24, 2.45) is 0 Å². The Morgan fingerprint density at radius 2 is 1.50 bits per heavy atom. The molecule has 1 atom stereocenters. The Labute approximate surface area is 155 Å². The van der Waals surface area contributed by atoms with Gasteiger partial charge in [0.25, 0.3) is 5.91 Å². The number of carbonyl (C=O) groups is 1. The summed E-state index contributed by atoms with van der Waals surface area (Å²) in [4.78, 5) is 13.6. The molecule has 1 heterocycles. The molecule has 144 valence electrons. The normalized spacial score (nSPS) is 23.5. The van der Waals surface area contributed by atoms with E-state index in [2.05, 4.69) is 4.72 Å². The topological polar surface area (TPSA) is 86.7 Å². The fraction of sp³-hybridized carbons (Fsp3) is 0.632. The second-order valence-corrected chi connectivity index (χ2v) is 9.02. The van der Waals surface area contributed by atoms with Crippen LogP contribution in [0.25, 0.3) is 0 Å². The number of nitrogens with one attached hydrogen (secondary N) is 1. The van der Waals surface area contributed by atoms with Crippen LogP contribution in [0.4, 0.5) is 5.69 Å². The molecule has 1 aliphatic carbocycles. The maximum atomic E-state index is 12.7. The molecule has 26 heavy (non-hydrogen) atoms. The van der Waals surface area contributed by atoms with Crippen molar-refractivity contribution in [3.8, 4) is 0 Å². The summed E-state index contributed by atoms with van der Waals surface area (Å²) in [5.74, 6) is -0.329. The highest BCUT2D eigenvalue weighted by molar-refractivity contribution is 7.89. The van der Waals surface area contributed by atoms with Crippen molar-refractivity contribution in [1.29, 1.82) is 0 Å². The number of hydrogen-bond donors (Lipinski definition) is 2. The van der Waals surface area contributed by atoms with Crippen LogP contribution in [-0.4, -0.2) is 38.1 Å². The molecule has 6 nitrogen and oxygen atoms in total. The van der Waals surface area contributed by atoms with E-state index in [1.165, 1.54) is 42.7 Å². The molecule has 1 saturated heterocycles. The Bertz CT molecular complexity index is 708. The monoisotopic (exact) mass is 380 g/mol. The highest BCUT2D eigenvalue weighted by atomic mass is 32.2. The molecule has 3 rings (SSSR count). The largest absolute Gasteiger partial charge is 0.383 e. The predicted molar refractivity (Wildman–Crippen MR) is 100 cm³/mol. The van der Waals surface area contributed by atoms with Crippen LogP contribution in [0.2, 0.25) is 0 Å². The highest BCUT2D eigenvalue weighted by Crippen LogP contribution is 2.24. The van der Waals surface area contributed by atoms with E-state index in [4.69, 9.17) is 0 Å². The lowest BCUT2D eigenvalue weighted by atomic mass is 10.1. The minimum Gasteiger partial charge on any atom is -0.383 e. The van der Waals surface area contributed by atoms with Gasteiger partial charge in [-0.25, -0.2) is 13.1 Å². The first kappa shape index (κ1) is 19.3. The quantitative estimate of drug-likeness (QED) is 0.840. The van der Waals surface area contributed by atoms with Gasteiger partial charge < -0.3 is 10.0 Å². The van der Waals surface area contributed by atoms with Crippen molar-refractivity contribution in [3.05, 3.63) is 24.3 Å². The van der Waals surface area contributed by atoms with Gasteiger partial charge in [-0.1, -0.05) is 38.5 Å². The van der Waals surface area contributed by atoms with Crippen LogP contribution in [0.5, 0.6) is 0 Å². The molecule has 7 heteroatoms. The molecule has 0 radical (unpaired) electrons. The van der Waals surface area contributed by atoms with E-state index in [0.29, 0.717) is 18.7 Å². The average Bonchev–Trinajstić information content (AvgIpc) is 3.01. The van der Waals surface area contributed by atoms with Crippen LogP contribution >= 0.6 is 0 Å². The van der Waals surface area contributed by atoms with E-state index in [1.807, 2.05) is 0 Å². The van der Waals surface area contributed by atoms with Crippen molar-refractivity contribution >= 4 is 21.6 Å². The number of anilines is 1. The number of rotatable bonds is 4. The molecule has 0 spiro atoms. The SMILES string of the molecule is O=C1[C@H](O)CCN1c1ccc(S(=O)(=O)NC2CCCCCCCC2)cc1. The average molecular weight is 381 g/mol. The van der Waals surface area contributed by atoms with Crippen molar-refractivity contribution in [2.45, 2.75) is 74.8 Å². The maximum absolute atomic E-state index is 12.7. The number of hydrogen-bond acceptors (Lipinski definition) is 4. The van der Waals surface area contributed by atoms with E-state index in [1.54, 1.807) is 12.1 Å². The predicted octanol–water partition coefficient (Wildman–Crippen LogP) is 2.57. The zero-order chi connectivity index (χ0) is 18.6. The lowest BCUT2D eigenvalue weighted by Crippen LogP contribution is -2.35. The van der Waals surface area contributed by atoms with E-state index >= 15 is 0 Å². The highest BCUT2D eigenvalue weighted by Gasteiger charge is 2.31. The third kappa shape index (κ3) is 4.64. The van der Waals surface area contributed by atoms with Crippen LogP contribution in [0.1, 0.15) is 57.8 Å². The summed E-state index contributed by atoms with van der Waals surface area (Å²) in [6.07, 6.45) is 8.17. The molecule has 2 N–H and O–H groups in total. The number of sulfonamides is 1. The number of benzene rings is 1. The smallest absolute Gasteiger partial charge is 0.255 e. The first-order chi connectivity index (χ1) is 12.5. The van der Waals surface area contributed by atoms with Crippen LogP contribution in [0.3, 0.4) is 0 Å². The second-order valence-electron chi connectivity index (χ2n) is 7.31. The van der Waals surface area contributed by atoms with E-state index < -0.39 is 16.1 Å². The van der Waals surface area contributed by atoms with Gasteiger partial charge >= 0.3 is 0 Å². The zero-order valence-electron chi connectivity index (χ0n) is 15.1. The van der Waals surface area contributed by atoms with Gasteiger partial charge in [0.15, 0.2) is 0 Å². The van der Waals surface area contributed by atoms with Gasteiger partial charge in [-0.05, 0) is 37.1 Å². The lowest BCUT2D eigenvalue weighted by molar-refractivity contribution is -0.123. The van der Waals surface area contributed by atoms with E-state index in [9.17, 15) is 18.3 Å². The Balaban J connectivity index is 1.67. The van der Waals surface area contributed by atoms with Crippen molar-refractivity contribution in [3.63, 3.8) is 0 Å². The Morgan fingerprint density at radius 1 is 0.923 bits per heavy atom. The fourth-order valence-corrected chi connectivity index (χ4v) is 5.07. The Morgan fingerprint density at radius 3 is 2.04 bits per heavy atom. The van der Waals surface area contributed by atoms with Crippen molar-refractivity contribution in [2.75, 3.05) is 11.4 Å². The molecule has 2 fully saturated rings. The number of amides is 1. The molecule has 0 unspecified atom stereocenters.